The average molecular weight is 555 g/mol. The number of benzene rings is 2. The van der Waals surface area contributed by atoms with Gasteiger partial charge in [-0.1, -0.05) is 61.9 Å². The monoisotopic (exact) mass is 554 g/mol. The molecule has 2 aromatic carbocycles. The summed E-state index contributed by atoms with van der Waals surface area (Å²) in [6.45, 7) is 6.39. The van der Waals surface area contributed by atoms with Gasteiger partial charge >= 0.3 is 6.18 Å². The van der Waals surface area contributed by atoms with Gasteiger partial charge in [-0.2, -0.15) is 13.2 Å². The highest BCUT2D eigenvalue weighted by atomic mass is 19.4. The Morgan fingerprint density at radius 3 is 2.17 bits per heavy atom. The van der Waals surface area contributed by atoms with E-state index in [9.17, 15) is 22.8 Å². The maximum Gasteiger partial charge on any atom is 0.433 e. The topological polar surface area (TPSA) is 58.4 Å². The minimum absolute atomic E-state index is 0.0419. The third-order valence-corrected chi connectivity index (χ3v) is 7.25. The summed E-state index contributed by atoms with van der Waals surface area (Å²) in [7, 11) is 3.74. The molecule has 1 saturated carbocycles. The molecule has 0 N–H and O–H groups in total. The number of aryl methyl sites for hydroxylation is 1. The van der Waals surface area contributed by atoms with Gasteiger partial charge in [0.05, 0.1) is 18.2 Å². The predicted octanol–water partition coefficient (Wildman–Crippen LogP) is 5.90. The van der Waals surface area contributed by atoms with Crippen LogP contribution in [0.25, 0.3) is 0 Å². The van der Waals surface area contributed by atoms with Crippen molar-refractivity contribution in [3.05, 3.63) is 98.7 Å². The third kappa shape index (κ3) is 6.63. The molecule has 0 radical (unpaired) electrons. The minimum Gasteiger partial charge on any atom is -0.327 e. The van der Waals surface area contributed by atoms with E-state index >= 15 is 0 Å². The van der Waals surface area contributed by atoms with Crippen LogP contribution >= 0.6 is 0 Å². The Kier molecular flexibility index (Phi) is 8.83. The molecular formula is C31H37F3N4O2. The van der Waals surface area contributed by atoms with Crippen LogP contribution in [-0.2, 0) is 12.7 Å². The van der Waals surface area contributed by atoms with Gasteiger partial charge in [-0.3, -0.25) is 14.2 Å². The smallest absolute Gasteiger partial charge is 0.327 e. The normalized spacial score (nSPS) is 14.6. The first-order chi connectivity index (χ1) is 18.9. The number of carbonyl (C=O) groups excluding carboxylic acids is 1. The van der Waals surface area contributed by atoms with Crippen molar-refractivity contribution in [3.8, 4) is 0 Å². The van der Waals surface area contributed by atoms with E-state index in [0.717, 1.165) is 11.1 Å². The van der Waals surface area contributed by atoms with Crippen molar-refractivity contribution in [1.82, 2.24) is 19.4 Å². The van der Waals surface area contributed by atoms with Gasteiger partial charge in [-0.05, 0) is 63.4 Å². The second kappa shape index (κ2) is 12.0. The molecule has 1 aliphatic rings. The van der Waals surface area contributed by atoms with E-state index in [4.69, 9.17) is 0 Å². The van der Waals surface area contributed by atoms with Crippen molar-refractivity contribution >= 4 is 5.91 Å². The molecule has 1 heterocycles. The molecule has 3 aromatic rings. The first-order valence-electron chi connectivity index (χ1n) is 13.7. The van der Waals surface area contributed by atoms with Crippen LogP contribution in [0.2, 0.25) is 0 Å². The van der Waals surface area contributed by atoms with Gasteiger partial charge in [0.25, 0.3) is 11.5 Å². The summed E-state index contributed by atoms with van der Waals surface area (Å²) in [6.07, 6.45) is -3.74. The molecule has 0 bridgehead atoms. The van der Waals surface area contributed by atoms with Crippen LogP contribution in [0.5, 0.6) is 0 Å². The standard InChI is InChI=1S/C31H37F3N4O2/c1-20(2)26(37(18-17-36(4)5)29(39)24-13-11-21(3)12-14-24)28-35-27(31(32,33)34)25(23-15-16-23)30(40)38(28)19-22-9-7-6-8-10-22/h6-14,20,23,26H,15-19H2,1-5H3. The lowest BCUT2D eigenvalue weighted by Gasteiger charge is -2.36. The second-order valence-electron chi connectivity index (χ2n) is 11.2. The summed E-state index contributed by atoms with van der Waals surface area (Å²) < 4.78 is 44.7. The van der Waals surface area contributed by atoms with Crippen LogP contribution in [0.4, 0.5) is 13.2 Å². The first kappa shape index (κ1) is 29.5. The molecule has 1 atom stereocenters. The zero-order valence-electron chi connectivity index (χ0n) is 23.7. The van der Waals surface area contributed by atoms with Gasteiger partial charge in [-0.15, -0.1) is 0 Å². The van der Waals surface area contributed by atoms with Gasteiger partial charge in [0.1, 0.15) is 5.82 Å². The third-order valence-electron chi connectivity index (χ3n) is 7.25. The van der Waals surface area contributed by atoms with Crippen LogP contribution in [0.15, 0.2) is 59.4 Å². The number of alkyl halides is 3. The van der Waals surface area contributed by atoms with Crippen LogP contribution in [-0.4, -0.2) is 52.4 Å². The molecule has 0 saturated heterocycles. The number of rotatable bonds is 10. The number of amides is 1. The molecule has 0 aliphatic heterocycles. The van der Waals surface area contributed by atoms with Gasteiger partial charge < -0.3 is 9.80 Å². The molecule has 1 aliphatic carbocycles. The van der Waals surface area contributed by atoms with E-state index in [1.54, 1.807) is 17.0 Å². The fourth-order valence-corrected chi connectivity index (χ4v) is 5.02. The van der Waals surface area contributed by atoms with Gasteiger partial charge in [-0.25, -0.2) is 4.98 Å². The minimum atomic E-state index is -4.80. The van der Waals surface area contributed by atoms with E-state index in [1.807, 2.05) is 82.2 Å². The highest BCUT2D eigenvalue weighted by Gasteiger charge is 2.44. The SMILES string of the molecule is Cc1ccc(C(=O)N(CCN(C)C)C(c2nc(C(F)(F)F)c(C3CC3)c(=O)n2Cc2ccccc2)C(C)C)cc1. The van der Waals surface area contributed by atoms with Crippen LogP contribution < -0.4 is 5.56 Å². The second-order valence-corrected chi connectivity index (χ2v) is 11.2. The quantitative estimate of drug-likeness (QED) is 0.313. The van der Waals surface area contributed by atoms with E-state index < -0.39 is 29.4 Å². The lowest BCUT2D eigenvalue weighted by Crippen LogP contribution is -2.45. The summed E-state index contributed by atoms with van der Waals surface area (Å²) in [4.78, 5) is 35.7. The zero-order valence-corrected chi connectivity index (χ0v) is 23.7. The van der Waals surface area contributed by atoms with Crippen molar-refractivity contribution in [3.63, 3.8) is 0 Å². The molecule has 214 valence electrons. The van der Waals surface area contributed by atoms with Crippen molar-refractivity contribution in [2.75, 3.05) is 27.2 Å². The maximum absolute atomic E-state index is 14.4. The molecule has 0 spiro atoms. The number of aromatic nitrogens is 2. The number of hydrogen-bond acceptors (Lipinski definition) is 4. The number of carbonyl (C=O) groups is 1. The van der Waals surface area contributed by atoms with E-state index in [0.29, 0.717) is 24.9 Å². The summed E-state index contributed by atoms with van der Waals surface area (Å²) in [5.41, 5.74) is 0.115. The number of nitrogens with zero attached hydrogens (tertiary/aromatic N) is 4. The predicted molar refractivity (Wildman–Crippen MR) is 149 cm³/mol. The first-order valence-corrected chi connectivity index (χ1v) is 13.7. The molecule has 4 rings (SSSR count). The van der Waals surface area contributed by atoms with Crippen molar-refractivity contribution in [2.24, 2.45) is 5.92 Å². The summed E-state index contributed by atoms with van der Waals surface area (Å²) in [5, 5.41) is 0. The fraction of sp³-hybridized carbons (Fsp3) is 0.452. The molecule has 6 nitrogen and oxygen atoms in total. The summed E-state index contributed by atoms with van der Waals surface area (Å²) >= 11 is 0. The van der Waals surface area contributed by atoms with Crippen molar-refractivity contribution in [2.45, 2.75) is 58.3 Å². The maximum atomic E-state index is 14.4. The molecule has 9 heteroatoms. The Labute approximate surface area is 233 Å². The Bertz CT molecular complexity index is 1380. The number of likely N-dealkylation sites (N-methyl/N-ethyl adjacent to an activating group) is 1. The Hall–Kier alpha value is -3.46. The van der Waals surface area contributed by atoms with Gasteiger partial charge in [0.2, 0.25) is 0 Å². The van der Waals surface area contributed by atoms with E-state index in [2.05, 4.69) is 4.98 Å². The van der Waals surface area contributed by atoms with Crippen LogP contribution in [0.1, 0.15) is 77.2 Å². The lowest BCUT2D eigenvalue weighted by molar-refractivity contribution is -0.142. The lowest BCUT2D eigenvalue weighted by atomic mass is 9.98. The summed E-state index contributed by atoms with van der Waals surface area (Å²) in [6, 6.07) is 15.4. The molecule has 1 unspecified atom stereocenters. The molecule has 1 amide bonds. The average Bonchev–Trinajstić information content (AvgIpc) is 3.73. The Balaban J connectivity index is 1.95. The van der Waals surface area contributed by atoms with Crippen LogP contribution in [0, 0.1) is 12.8 Å². The van der Waals surface area contributed by atoms with E-state index in [-0.39, 0.29) is 36.3 Å². The fourth-order valence-electron chi connectivity index (χ4n) is 5.02. The Morgan fingerprint density at radius 1 is 1.02 bits per heavy atom. The molecule has 40 heavy (non-hydrogen) atoms. The molecule has 1 fully saturated rings. The number of hydrogen-bond donors (Lipinski definition) is 0. The van der Waals surface area contributed by atoms with Gasteiger partial charge in [0, 0.05) is 18.7 Å². The van der Waals surface area contributed by atoms with Gasteiger partial charge in [0.15, 0.2) is 5.69 Å². The largest absolute Gasteiger partial charge is 0.433 e. The Morgan fingerprint density at radius 2 is 1.65 bits per heavy atom. The van der Waals surface area contributed by atoms with Crippen molar-refractivity contribution < 1.29 is 18.0 Å². The van der Waals surface area contributed by atoms with Crippen molar-refractivity contribution in [1.29, 1.82) is 0 Å². The molecular weight excluding hydrogens is 517 g/mol. The highest BCUT2D eigenvalue weighted by Crippen LogP contribution is 2.44. The molecule has 1 aromatic heterocycles. The highest BCUT2D eigenvalue weighted by molar-refractivity contribution is 5.94. The van der Waals surface area contributed by atoms with E-state index in [1.165, 1.54) is 4.57 Å². The summed E-state index contributed by atoms with van der Waals surface area (Å²) in [5.74, 6) is -1.15. The van der Waals surface area contributed by atoms with Crippen LogP contribution in [0.3, 0.4) is 0 Å². The zero-order chi connectivity index (χ0) is 29.2. The number of halogens is 3.